The summed E-state index contributed by atoms with van der Waals surface area (Å²) >= 11 is 1.16. The molecular formula is C12H20N4OS. The first-order chi connectivity index (χ1) is 8.77. The molecule has 5 nitrogen and oxygen atoms in total. The van der Waals surface area contributed by atoms with Crippen LogP contribution in [0.5, 0.6) is 0 Å². The number of carbonyl (C=O) groups excluding carboxylic acids is 1. The summed E-state index contributed by atoms with van der Waals surface area (Å²) in [6, 6.07) is 0. The van der Waals surface area contributed by atoms with Gasteiger partial charge in [-0.15, -0.1) is 5.10 Å². The van der Waals surface area contributed by atoms with Gasteiger partial charge in [0.25, 0.3) is 5.91 Å². The van der Waals surface area contributed by atoms with Gasteiger partial charge in [0.05, 0.1) is 5.69 Å². The van der Waals surface area contributed by atoms with Gasteiger partial charge < -0.3 is 10.2 Å². The highest BCUT2D eigenvalue weighted by Gasteiger charge is 2.13. The van der Waals surface area contributed by atoms with Gasteiger partial charge in [0, 0.05) is 6.54 Å². The molecule has 0 spiro atoms. The topological polar surface area (TPSA) is 58.1 Å². The smallest absolute Gasteiger partial charge is 0.264 e. The SMILES string of the molecule is Cc1nnsc1C(=O)NCCCCN1CCCC1. The molecule has 1 saturated heterocycles. The van der Waals surface area contributed by atoms with E-state index in [0.29, 0.717) is 4.88 Å². The van der Waals surface area contributed by atoms with Crippen molar-refractivity contribution in [2.45, 2.75) is 32.6 Å². The van der Waals surface area contributed by atoms with Crippen LogP contribution >= 0.6 is 11.5 Å². The molecular weight excluding hydrogens is 248 g/mol. The van der Waals surface area contributed by atoms with Crippen LogP contribution < -0.4 is 5.32 Å². The van der Waals surface area contributed by atoms with E-state index >= 15 is 0 Å². The number of amides is 1. The zero-order valence-corrected chi connectivity index (χ0v) is 11.6. The Kier molecular flexibility index (Phi) is 5.07. The second-order valence-corrected chi connectivity index (χ2v) is 5.45. The summed E-state index contributed by atoms with van der Waals surface area (Å²) in [5.41, 5.74) is 0.717. The van der Waals surface area contributed by atoms with Gasteiger partial charge in [-0.2, -0.15) is 0 Å². The molecule has 1 fully saturated rings. The van der Waals surface area contributed by atoms with Crippen molar-refractivity contribution in [1.29, 1.82) is 0 Å². The molecule has 1 aromatic heterocycles. The molecule has 0 atom stereocenters. The Morgan fingerprint density at radius 2 is 2.17 bits per heavy atom. The van der Waals surface area contributed by atoms with Crippen LogP contribution in [0.2, 0.25) is 0 Å². The van der Waals surface area contributed by atoms with Crippen molar-refractivity contribution in [3.63, 3.8) is 0 Å². The lowest BCUT2D eigenvalue weighted by atomic mass is 10.3. The molecule has 6 heteroatoms. The molecule has 0 aliphatic carbocycles. The van der Waals surface area contributed by atoms with Gasteiger partial charge in [-0.3, -0.25) is 4.79 Å². The molecule has 1 amide bonds. The minimum Gasteiger partial charge on any atom is -0.351 e. The van der Waals surface area contributed by atoms with Gasteiger partial charge in [-0.05, 0) is 63.8 Å². The van der Waals surface area contributed by atoms with E-state index in [0.717, 1.165) is 43.2 Å². The number of carbonyl (C=O) groups is 1. The Morgan fingerprint density at radius 1 is 1.39 bits per heavy atom. The Morgan fingerprint density at radius 3 is 2.83 bits per heavy atom. The molecule has 1 aliphatic heterocycles. The van der Waals surface area contributed by atoms with Crippen molar-refractivity contribution in [2.75, 3.05) is 26.2 Å². The van der Waals surface area contributed by atoms with Crippen LogP contribution in [0.25, 0.3) is 0 Å². The average molecular weight is 268 g/mol. The maximum Gasteiger partial charge on any atom is 0.264 e. The van der Waals surface area contributed by atoms with Crippen LogP contribution in [0.3, 0.4) is 0 Å². The van der Waals surface area contributed by atoms with Crippen LogP contribution in [0.4, 0.5) is 0 Å². The predicted molar refractivity (Wildman–Crippen MR) is 71.9 cm³/mol. The third-order valence-electron chi connectivity index (χ3n) is 3.24. The van der Waals surface area contributed by atoms with E-state index in [-0.39, 0.29) is 5.91 Å². The summed E-state index contributed by atoms with van der Waals surface area (Å²) in [7, 11) is 0. The Labute approximate surface area is 112 Å². The molecule has 0 bridgehead atoms. The maximum atomic E-state index is 11.8. The monoisotopic (exact) mass is 268 g/mol. The van der Waals surface area contributed by atoms with Crippen molar-refractivity contribution in [1.82, 2.24) is 19.8 Å². The number of hydrogen-bond acceptors (Lipinski definition) is 5. The molecule has 100 valence electrons. The van der Waals surface area contributed by atoms with Gasteiger partial charge in [0.2, 0.25) is 0 Å². The molecule has 0 aromatic carbocycles. The summed E-state index contributed by atoms with van der Waals surface area (Å²) in [5.74, 6) is -0.0383. The van der Waals surface area contributed by atoms with Crippen molar-refractivity contribution < 1.29 is 4.79 Å². The van der Waals surface area contributed by atoms with E-state index in [1.807, 2.05) is 6.92 Å². The number of nitrogens with zero attached hydrogens (tertiary/aromatic N) is 3. The van der Waals surface area contributed by atoms with Crippen molar-refractivity contribution in [3.05, 3.63) is 10.6 Å². The van der Waals surface area contributed by atoms with E-state index in [9.17, 15) is 4.79 Å². The molecule has 0 radical (unpaired) electrons. The fourth-order valence-electron chi connectivity index (χ4n) is 2.19. The lowest BCUT2D eigenvalue weighted by Gasteiger charge is -2.13. The lowest BCUT2D eigenvalue weighted by molar-refractivity contribution is 0.0956. The number of hydrogen-bond donors (Lipinski definition) is 1. The molecule has 1 aromatic rings. The van der Waals surface area contributed by atoms with Crippen molar-refractivity contribution in [3.8, 4) is 0 Å². The third kappa shape index (κ3) is 3.74. The molecule has 2 rings (SSSR count). The highest BCUT2D eigenvalue weighted by molar-refractivity contribution is 7.07. The van der Waals surface area contributed by atoms with Gasteiger partial charge >= 0.3 is 0 Å². The van der Waals surface area contributed by atoms with Gasteiger partial charge in [-0.1, -0.05) is 4.49 Å². The molecule has 2 heterocycles. The number of rotatable bonds is 6. The first-order valence-electron chi connectivity index (χ1n) is 6.57. The highest BCUT2D eigenvalue weighted by atomic mass is 32.1. The number of likely N-dealkylation sites (tertiary alicyclic amines) is 1. The quantitative estimate of drug-likeness (QED) is 0.793. The standard InChI is InChI=1S/C12H20N4OS/c1-10-11(18-15-14-10)12(17)13-6-2-3-7-16-8-4-5-9-16/h2-9H2,1H3,(H,13,17). The number of aromatic nitrogens is 2. The highest BCUT2D eigenvalue weighted by Crippen LogP contribution is 2.09. The van der Waals surface area contributed by atoms with Gasteiger partial charge in [0.15, 0.2) is 0 Å². The summed E-state index contributed by atoms with van der Waals surface area (Å²) in [6.45, 7) is 6.21. The summed E-state index contributed by atoms with van der Waals surface area (Å²) in [5, 5.41) is 6.76. The van der Waals surface area contributed by atoms with Crippen LogP contribution in [-0.2, 0) is 0 Å². The van der Waals surface area contributed by atoms with E-state index in [1.54, 1.807) is 0 Å². The van der Waals surface area contributed by atoms with E-state index in [1.165, 1.54) is 25.9 Å². The Balaban J connectivity index is 1.58. The molecule has 1 aliphatic rings. The summed E-state index contributed by atoms with van der Waals surface area (Å²) < 4.78 is 3.76. The zero-order chi connectivity index (χ0) is 12.8. The van der Waals surface area contributed by atoms with Crippen LogP contribution in [0.15, 0.2) is 0 Å². The van der Waals surface area contributed by atoms with E-state index in [2.05, 4.69) is 19.8 Å². The Bertz CT molecular complexity index is 387. The normalized spacial score (nSPS) is 16.1. The molecule has 1 N–H and O–H groups in total. The minimum atomic E-state index is -0.0383. The minimum absolute atomic E-state index is 0.0383. The molecule has 0 saturated carbocycles. The second kappa shape index (κ2) is 6.80. The molecule has 18 heavy (non-hydrogen) atoms. The van der Waals surface area contributed by atoms with E-state index in [4.69, 9.17) is 0 Å². The van der Waals surface area contributed by atoms with Crippen molar-refractivity contribution >= 4 is 17.4 Å². The zero-order valence-electron chi connectivity index (χ0n) is 10.8. The Hall–Kier alpha value is -1.01. The van der Waals surface area contributed by atoms with Crippen LogP contribution in [0, 0.1) is 6.92 Å². The lowest BCUT2D eigenvalue weighted by Crippen LogP contribution is -2.26. The van der Waals surface area contributed by atoms with Crippen molar-refractivity contribution in [2.24, 2.45) is 0 Å². The molecule has 0 unspecified atom stereocenters. The summed E-state index contributed by atoms with van der Waals surface area (Å²) in [6.07, 6.45) is 4.87. The largest absolute Gasteiger partial charge is 0.351 e. The number of nitrogens with one attached hydrogen (secondary N) is 1. The van der Waals surface area contributed by atoms with Gasteiger partial charge in [-0.25, -0.2) is 0 Å². The van der Waals surface area contributed by atoms with Gasteiger partial charge in [0.1, 0.15) is 4.88 Å². The average Bonchev–Trinajstić information content (AvgIpc) is 2.99. The van der Waals surface area contributed by atoms with Crippen LogP contribution in [-0.4, -0.2) is 46.6 Å². The van der Waals surface area contributed by atoms with Crippen LogP contribution in [0.1, 0.15) is 41.0 Å². The fourth-order valence-corrected chi connectivity index (χ4v) is 2.76. The number of unbranched alkanes of at least 4 members (excludes halogenated alkanes) is 1. The van der Waals surface area contributed by atoms with E-state index < -0.39 is 0 Å². The first kappa shape index (κ1) is 13.4. The summed E-state index contributed by atoms with van der Waals surface area (Å²) in [4.78, 5) is 14.9. The predicted octanol–water partition coefficient (Wildman–Crippen LogP) is 1.45. The first-order valence-corrected chi connectivity index (χ1v) is 7.34. The third-order valence-corrected chi connectivity index (χ3v) is 4.07. The second-order valence-electron chi connectivity index (χ2n) is 4.70. The number of aryl methyl sites for hydroxylation is 1. The fraction of sp³-hybridized carbons (Fsp3) is 0.750. The maximum absolute atomic E-state index is 11.8.